The van der Waals surface area contributed by atoms with Gasteiger partial charge in [0.05, 0.1) is 12.7 Å². The van der Waals surface area contributed by atoms with E-state index in [0.717, 1.165) is 78.0 Å². The van der Waals surface area contributed by atoms with Gasteiger partial charge in [-0.05, 0) is 303 Å². The first-order valence-corrected chi connectivity index (χ1v) is 41.2. The lowest BCUT2D eigenvalue weighted by molar-refractivity contribution is -0.190. The smallest absolute Gasteiger partial charge is 0.206 e. The fourth-order valence-electron chi connectivity index (χ4n) is 14.0. The minimum Gasteiger partial charge on any atom is -0.504 e. The standard InChI is InChI=1S/C22H38O6.C22H32O3.C18H30O4.C14H22O4.C14H22O3/c1-9-15(5)19-13-20(26-16(6)23-10-2)22(28-18(8)25-12-4)21(14-19)27-17(7)24-11-3;1-4-15(2)19-5-6-20(21(10-19)23-3)24-14-25-22-11-16-7-17(12-22)9-18(8-16)13-22;1-7-13(4)16-10-11-17(21-14(5)19-8-2)18(12-16)22-15(6)20-9-3;1-5-9(3)11-7-12(15)14(13(16)8-11)18-10(4)17-6-2;1-5-10(3)12-7-8-14(13(15)9-12)17-11(4)16-6-2/h13-18H,9-12H2,1-8H3;5-6,10,15-18H,4,7-9,11-14H2,1-3H3;10-15H,7-9H2,1-6H3;7-10,15-16H,5-6H2,1-4H3;7-11,15H,5-6H2,1-4H3. The summed E-state index contributed by atoms with van der Waals surface area (Å²) in [5.74, 6) is 9.99. The number of ether oxygens (including phenoxy) is 17. The van der Waals surface area contributed by atoms with Gasteiger partial charge in [-0.3, -0.25) is 0 Å². The molecule has 0 aliphatic heterocycles. The molecule has 9 rings (SSSR count). The molecule has 0 aromatic heterocycles. The molecule has 0 radical (unpaired) electrons. The lowest BCUT2D eigenvalue weighted by Crippen LogP contribution is -2.52. The zero-order valence-corrected chi connectivity index (χ0v) is 71.9. The van der Waals surface area contributed by atoms with Crippen molar-refractivity contribution >= 4 is 0 Å². The maximum absolute atomic E-state index is 9.89. The summed E-state index contributed by atoms with van der Waals surface area (Å²) in [6.45, 7) is 52.1. The van der Waals surface area contributed by atoms with Crippen molar-refractivity contribution in [2.45, 2.75) is 316 Å². The highest BCUT2D eigenvalue weighted by atomic mass is 16.7. The van der Waals surface area contributed by atoms with E-state index in [2.05, 4.69) is 80.5 Å². The first-order valence-electron chi connectivity index (χ1n) is 41.2. The summed E-state index contributed by atoms with van der Waals surface area (Å²) in [5, 5.41) is 29.7. The van der Waals surface area contributed by atoms with E-state index in [9.17, 15) is 15.3 Å². The van der Waals surface area contributed by atoms with Crippen molar-refractivity contribution < 1.29 is 95.8 Å². The van der Waals surface area contributed by atoms with Crippen molar-refractivity contribution in [2.75, 3.05) is 60.2 Å². The van der Waals surface area contributed by atoms with E-state index in [0.29, 0.717) is 111 Å². The van der Waals surface area contributed by atoms with Gasteiger partial charge in [0, 0.05) is 46.2 Å². The molecule has 0 heterocycles. The minimum absolute atomic E-state index is 0.0585. The summed E-state index contributed by atoms with van der Waals surface area (Å²) in [6, 6.07) is 25.2. The van der Waals surface area contributed by atoms with E-state index in [1.165, 1.54) is 49.7 Å². The molecule has 5 aromatic carbocycles. The minimum atomic E-state index is -0.513. The Labute approximate surface area is 662 Å². The number of benzene rings is 5. The molecule has 0 spiro atoms. The van der Waals surface area contributed by atoms with Crippen LogP contribution in [0.15, 0.2) is 78.9 Å². The maximum Gasteiger partial charge on any atom is 0.206 e. The lowest BCUT2D eigenvalue weighted by atomic mass is 9.54. The average molecular weight is 1550 g/mol. The van der Waals surface area contributed by atoms with Crippen LogP contribution in [-0.2, 0) is 37.9 Å². The maximum atomic E-state index is 9.89. The Bertz CT molecular complexity index is 3250. The molecular formula is C90H144O20. The second-order valence-corrected chi connectivity index (χ2v) is 29.1. The van der Waals surface area contributed by atoms with E-state index in [1.807, 2.05) is 133 Å². The molecular weight excluding hydrogens is 1400 g/mol. The monoisotopic (exact) mass is 1550 g/mol. The summed E-state index contributed by atoms with van der Waals surface area (Å²) in [4.78, 5) is 0. The van der Waals surface area contributed by atoms with Gasteiger partial charge >= 0.3 is 0 Å². The van der Waals surface area contributed by atoms with E-state index < -0.39 is 25.2 Å². The summed E-state index contributed by atoms with van der Waals surface area (Å²) in [7, 11) is 1.71. The van der Waals surface area contributed by atoms with Gasteiger partial charge in [-0.25, -0.2) is 0 Å². The average Bonchev–Trinajstić information content (AvgIpc) is 0.750. The Morgan fingerprint density at radius 3 is 0.955 bits per heavy atom. The first-order chi connectivity index (χ1) is 52.5. The SMILES string of the molecule is CCC(C)c1ccc(OCOC23CC4CC(CC(C4)C2)C3)c(OC)c1.CCOC(C)Oc1c(O)cc(C(C)CC)cc1O.CCOC(C)Oc1cc(C(C)CC)cc(OC(C)OCC)c1OC(C)OCC.CCOC(C)Oc1ccc(C(C)CC)cc1O.CCOC(C)Oc1ccc(C(C)CC)cc1OC(C)OCC. The molecule has 4 saturated carbocycles. The Balaban J connectivity index is 0.000000294. The molecule has 4 aliphatic carbocycles. The number of rotatable bonds is 43. The van der Waals surface area contributed by atoms with Crippen LogP contribution in [0.2, 0.25) is 0 Å². The van der Waals surface area contributed by atoms with Crippen LogP contribution in [0.5, 0.6) is 69.0 Å². The molecule has 3 N–H and O–H groups in total. The van der Waals surface area contributed by atoms with Crippen molar-refractivity contribution in [1.29, 1.82) is 0 Å². The van der Waals surface area contributed by atoms with Crippen LogP contribution in [-0.4, -0.2) is 125 Å². The summed E-state index contributed by atoms with van der Waals surface area (Å²) < 4.78 is 96.7. The number of methoxy groups -OCH3 is 1. The Morgan fingerprint density at radius 1 is 0.309 bits per heavy atom. The van der Waals surface area contributed by atoms with Crippen molar-refractivity contribution in [3.8, 4) is 69.0 Å². The normalized spacial score (nSPS) is 19.3. The molecule has 0 saturated heterocycles. The van der Waals surface area contributed by atoms with E-state index in [4.69, 9.17) is 80.5 Å². The van der Waals surface area contributed by atoms with Gasteiger partial charge in [-0.15, -0.1) is 0 Å². The summed E-state index contributed by atoms with van der Waals surface area (Å²) >= 11 is 0. The topological polar surface area (TPSA) is 218 Å². The second kappa shape index (κ2) is 50.5. The number of hydrogen-bond acceptors (Lipinski definition) is 20. The van der Waals surface area contributed by atoms with Crippen LogP contribution in [0.3, 0.4) is 0 Å². The van der Waals surface area contributed by atoms with Gasteiger partial charge in [0.25, 0.3) is 0 Å². The van der Waals surface area contributed by atoms with Crippen LogP contribution in [0.25, 0.3) is 0 Å². The highest BCUT2D eigenvalue weighted by molar-refractivity contribution is 5.55. The van der Waals surface area contributed by atoms with Crippen LogP contribution in [0.1, 0.15) is 294 Å². The van der Waals surface area contributed by atoms with Gasteiger partial charge < -0.3 is 95.8 Å². The molecule has 20 nitrogen and oxygen atoms in total. The van der Waals surface area contributed by atoms with Crippen LogP contribution < -0.4 is 42.6 Å². The highest BCUT2D eigenvalue weighted by Gasteiger charge is 2.52. The number of hydrogen-bond donors (Lipinski definition) is 3. The van der Waals surface area contributed by atoms with Crippen molar-refractivity contribution in [1.82, 2.24) is 0 Å². The predicted molar refractivity (Wildman–Crippen MR) is 437 cm³/mol. The molecule has 4 aliphatic rings. The predicted octanol–water partition coefficient (Wildman–Crippen LogP) is 22.8. The fourth-order valence-corrected chi connectivity index (χ4v) is 14.0. The van der Waals surface area contributed by atoms with Crippen molar-refractivity contribution in [3.63, 3.8) is 0 Å². The van der Waals surface area contributed by atoms with Gasteiger partial charge in [-0.2, -0.15) is 0 Å². The quantitative estimate of drug-likeness (QED) is 0.0309. The largest absolute Gasteiger partial charge is 0.504 e. The van der Waals surface area contributed by atoms with Crippen molar-refractivity contribution in [2.24, 2.45) is 17.8 Å². The third kappa shape index (κ3) is 31.7. The first kappa shape index (κ1) is 95.8. The summed E-state index contributed by atoms with van der Waals surface area (Å²) in [6.07, 6.45) is 10.5. The second-order valence-electron chi connectivity index (χ2n) is 29.1. The molecule has 4 fully saturated rings. The van der Waals surface area contributed by atoms with Gasteiger partial charge in [0.1, 0.15) is 0 Å². The lowest BCUT2D eigenvalue weighted by Gasteiger charge is -2.56. The summed E-state index contributed by atoms with van der Waals surface area (Å²) in [5.41, 5.74) is 5.76. The molecule has 0 amide bonds. The molecule has 110 heavy (non-hydrogen) atoms. The van der Waals surface area contributed by atoms with Gasteiger partial charge in [0.2, 0.25) is 11.5 Å². The van der Waals surface area contributed by atoms with E-state index >= 15 is 0 Å². The highest BCUT2D eigenvalue weighted by Crippen LogP contribution is 2.57. The fraction of sp³-hybridized carbons (Fsp3) is 0.667. The molecule has 5 aromatic rings. The van der Waals surface area contributed by atoms with Crippen molar-refractivity contribution in [3.05, 3.63) is 107 Å². The van der Waals surface area contributed by atoms with E-state index in [-0.39, 0.29) is 53.4 Å². The molecule has 12 atom stereocenters. The number of phenolic OH excluding ortho intramolecular Hbond substituents is 3. The third-order valence-corrected chi connectivity index (χ3v) is 20.6. The van der Waals surface area contributed by atoms with Crippen LogP contribution in [0, 0.1) is 17.8 Å². The molecule has 624 valence electrons. The van der Waals surface area contributed by atoms with Gasteiger partial charge in [0.15, 0.2) is 108 Å². The zero-order chi connectivity index (χ0) is 81.6. The Morgan fingerprint density at radius 2 is 0.591 bits per heavy atom. The van der Waals surface area contributed by atoms with Crippen LogP contribution >= 0.6 is 0 Å². The Kier molecular flexibility index (Phi) is 43.9. The van der Waals surface area contributed by atoms with E-state index in [1.54, 1.807) is 38.3 Å². The number of aromatic hydroxyl groups is 3. The zero-order valence-electron chi connectivity index (χ0n) is 71.9. The van der Waals surface area contributed by atoms with Crippen LogP contribution in [0.4, 0.5) is 0 Å². The molecule has 12 unspecified atom stereocenters. The molecule has 4 bridgehead atoms. The van der Waals surface area contributed by atoms with Gasteiger partial charge in [-0.1, -0.05) is 87.4 Å². The number of phenols is 3. The third-order valence-electron chi connectivity index (χ3n) is 20.6. The molecule has 20 heteroatoms. The Hall–Kier alpha value is -6.62.